The second kappa shape index (κ2) is 23.1. The molecule has 0 spiro atoms. The van der Waals surface area contributed by atoms with Crippen LogP contribution in [0.25, 0.3) is 0 Å². The van der Waals surface area contributed by atoms with E-state index in [9.17, 15) is 15.4 Å². The van der Waals surface area contributed by atoms with Gasteiger partial charge in [0, 0.05) is 25.0 Å². The van der Waals surface area contributed by atoms with E-state index in [1.165, 1.54) is 77.0 Å². The molecule has 33 heavy (non-hydrogen) atoms. The van der Waals surface area contributed by atoms with Crippen LogP contribution in [0.15, 0.2) is 5.16 Å². The van der Waals surface area contributed by atoms with Crippen LogP contribution < -0.4 is 0 Å². The zero-order chi connectivity index (χ0) is 24.7. The summed E-state index contributed by atoms with van der Waals surface area (Å²) in [5.41, 5.74) is 0.823. The highest BCUT2D eigenvalue weighted by molar-refractivity contribution is 5.88. The summed E-state index contributed by atoms with van der Waals surface area (Å²) < 4.78 is 0. The van der Waals surface area contributed by atoms with Gasteiger partial charge in [0.05, 0.1) is 5.71 Å². The zero-order valence-electron chi connectivity index (χ0n) is 22.7. The van der Waals surface area contributed by atoms with Gasteiger partial charge in [0.15, 0.2) is 0 Å². The second-order valence-electron chi connectivity index (χ2n) is 10.7. The Morgan fingerprint density at radius 2 is 0.939 bits per heavy atom. The van der Waals surface area contributed by atoms with Gasteiger partial charge in [-0.25, -0.2) is 0 Å². The predicted octanol–water partition coefficient (Wildman–Crippen LogP) is 8.37. The molecule has 0 bridgehead atoms. The molecule has 0 aliphatic carbocycles. The Labute approximate surface area is 206 Å². The van der Waals surface area contributed by atoms with Gasteiger partial charge >= 0.3 is 0 Å². The maximum absolute atomic E-state index is 9.92. The maximum atomic E-state index is 9.92. The van der Waals surface area contributed by atoms with Gasteiger partial charge in [-0.05, 0) is 37.5 Å². The normalized spacial score (nSPS) is 15.2. The van der Waals surface area contributed by atoms with Crippen LogP contribution in [0.3, 0.4) is 0 Å². The highest BCUT2D eigenvalue weighted by Gasteiger charge is 2.26. The van der Waals surface area contributed by atoms with Gasteiger partial charge in [-0.2, -0.15) is 0 Å². The van der Waals surface area contributed by atoms with E-state index in [4.69, 9.17) is 0 Å². The molecular formula is C29H59NO3. The minimum Gasteiger partial charge on any atom is -0.411 e. The number of aliphatic hydroxyl groups excluding tert-OH is 2. The van der Waals surface area contributed by atoms with Crippen LogP contribution in [0.4, 0.5) is 0 Å². The monoisotopic (exact) mass is 469 g/mol. The molecule has 198 valence electrons. The van der Waals surface area contributed by atoms with E-state index in [2.05, 4.69) is 32.9 Å². The third-order valence-electron chi connectivity index (χ3n) is 7.52. The molecule has 0 rings (SSSR count). The summed E-state index contributed by atoms with van der Waals surface area (Å²) in [6.07, 6.45) is 21.2. The van der Waals surface area contributed by atoms with Gasteiger partial charge in [-0.3, -0.25) is 0 Å². The van der Waals surface area contributed by atoms with Crippen molar-refractivity contribution < 1.29 is 15.4 Å². The summed E-state index contributed by atoms with van der Waals surface area (Å²) in [6.45, 7) is 9.41. The van der Waals surface area contributed by atoms with Gasteiger partial charge in [0.2, 0.25) is 0 Å². The van der Waals surface area contributed by atoms with E-state index in [1.807, 2.05) is 0 Å². The van der Waals surface area contributed by atoms with E-state index in [-0.39, 0.29) is 25.0 Å². The molecule has 0 aliphatic heterocycles. The molecule has 4 atom stereocenters. The van der Waals surface area contributed by atoms with Crippen LogP contribution in [0.2, 0.25) is 0 Å². The lowest BCUT2D eigenvalue weighted by Gasteiger charge is -2.26. The van der Waals surface area contributed by atoms with E-state index in [0.717, 1.165) is 31.4 Å². The second-order valence-corrected chi connectivity index (χ2v) is 10.7. The van der Waals surface area contributed by atoms with Gasteiger partial charge in [-0.15, -0.1) is 0 Å². The van der Waals surface area contributed by atoms with Crippen LogP contribution in [0, 0.1) is 23.7 Å². The molecule has 0 aromatic carbocycles. The minimum atomic E-state index is 0.114. The van der Waals surface area contributed by atoms with Crippen LogP contribution in [0.1, 0.15) is 143 Å². The Bertz CT molecular complexity index is 405. The Hall–Kier alpha value is -0.610. The molecule has 0 aromatic rings. The molecule has 0 radical (unpaired) electrons. The maximum Gasteiger partial charge on any atom is 0.0634 e. The molecule has 0 aliphatic rings. The highest BCUT2D eigenvalue weighted by Crippen LogP contribution is 2.29. The van der Waals surface area contributed by atoms with Crippen LogP contribution in [-0.2, 0) is 0 Å². The third kappa shape index (κ3) is 17.5. The first-order valence-corrected chi connectivity index (χ1v) is 14.5. The van der Waals surface area contributed by atoms with Gasteiger partial charge in [0.25, 0.3) is 0 Å². The summed E-state index contributed by atoms with van der Waals surface area (Å²) in [7, 11) is 0. The lowest BCUT2D eigenvalue weighted by atomic mass is 9.80. The summed E-state index contributed by atoms with van der Waals surface area (Å²) in [5.74, 6) is 1.56. The molecule has 4 heteroatoms. The van der Waals surface area contributed by atoms with Crippen molar-refractivity contribution in [2.45, 2.75) is 143 Å². The van der Waals surface area contributed by atoms with Gasteiger partial charge < -0.3 is 15.4 Å². The van der Waals surface area contributed by atoms with Crippen molar-refractivity contribution in [1.82, 2.24) is 0 Å². The van der Waals surface area contributed by atoms with Crippen molar-refractivity contribution in [2.24, 2.45) is 28.8 Å². The third-order valence-corrected chi connectivity index (χ3v) is 7.52. The number of hydrogen-bond acceptors (Lipinski definition) is 4. The van der Waals surface area contributed by atoms with Crippen molar-refractivity contribution in [3.05, 3.63) is 0 Å². The first kappa shape index (κ1) is 32.4. The van der Waals surface area contributed by atoms with Gasteiger partial charge in [0.1, 0.15) is 0 Å². The summed E-state index contributed by atoms with van der Waals surface area (Å²) >= 11 is 0. The minimum absolute atomic E-state index is 0.114. The number of hydrogen-bond donors (Lipinski definition) is 3. The molecule has 3 N–H and O–H groups in total. The van der Waals surface area contributed by atoms with Crippen molar-refractivity contribution in [3.8, 4) is 0 Å². The molecule has 0 saturated carbocycles. The molecule has 0 aromatic heterocycles. The molecular weight excluding hydrogens is 410 g/mol. The number of nitrogens with zero attached hydrogens (tertiary/aromatic N) is 1. The fraction of sp³-hybridized carbons (Fsp3) is 0.966. The topological polar surface area (TPSA) is 73.1 Å². The molecule has 0 saturated heterocycles. The van der Waals surface area contributed by atoms with Crippen molar-refractivity contribution in [3.63, 3.8) is 0 Å². The average Bonchev–Trinajstić information content (AvgIpc) is 2.81. The lowest BCUT2D eigenvalue weighted by Crippen LogP contribution is -2.27. The molecule has 4 nitrogen and oxygen atoms in total. The van der Waals surface area contributed by atoms with Crippen molar-refractivity contribution in [2.75, 3.05) is 13.2 Å². The first-order valence-electron chi connectivity index (χ1n) is 14.5. The number of rotatable bonds is 24. The lowest BCUT2D eigenvalue weighted by molar-refractivity contribution is 0.243. The Balaban J connectivity index is 4.67. The SMILES string of the molecule is CCCCCCCC(C)CCC(CCO)C(=NO)C(CCO)CCC(C)CCCCCCC. The Morgan fingerprint density at radius 1 is 0.545 bits per heavy atom. The standard InChI is InChI=1S/C29H59NO3/c1-5-7-9-11-13-15-25(3)17-19-27(21-23-31)29(30-33)28(22-24-32)20-18-26(4)16-14-12-10-8-6-2/h25-28,31-33H,5-24H2,1-4H3. The van der Waals surface area contributed by atoms with E-state index in [0.29, 0.717) is 24.7 Å². The molecule has 0 heterocycles. The summed E-state index contributed by atoms with van der Waals surface area (Å²) in [6, 6.07) is 0. The van der Waals surface area contributed by atoms with Crippen LogP contribution >= 0.6 is 0 Å². The summed E-state index contributed by atoms with van der Waals surface area (Å²) in [4.78, 5) is 0. The molecule has 0 amide bonds. The predicted molar refractivity (Wildman–Crippen MR) is 143 cm³/mol. The first-order chi connectivity index (χ1) is 16.0. The van der Waals surface area contributed by atoms with Crippen LogP contribution in [0.5, 0.6) is 0 Å². The highest BCUT2D eigenvalue weighted by atomic mass is 16.4. The number of aliphatic hydroxyl groups is 2. The quantitative estimate of drug-likeness (QED) is 0.0575. The smallest absolute Gasteiger partial charge is 0.0634 e. The fourth-order valence-electron chi connectivity index (χ4n) is 5.14. The fourth-order valence-corrected chi connectivity index (χ4v) is 5.14. The average molecular weight is 470 g/mol. The van der Waals surface area contributed by atoms with Crippen molar-refractivity contribution in [1.29, 1.82) is 0 Å². The number of unbranched alkanes of at least 4 members (excludes halogenated alkanes) is 8. The van der Waals surface area contributed by atoms with E-state index in [1.54, 1.807) is 0 Å². The Morgan fingerprint density at radius 3 is 1.27 bits per heavy atom. The van der Waals surface area contributed by atoms with Gasteiger partial charge in [-0.1, -0.05) is 123 Å². The van der Waals surface area contributed by atoms with E-state index >= 15 is 0 Å². The molecule has 0 fully saturated rings. The number of oxime groups is 1. The summed E-state index contributed by atoms with van der Waals surface area (Å²) in [5, 5.41) is 33.0. The largest absolute Gasteiger partial charge is 0.411 e. The Kier molecular flexibility index (Phi) is 22.7. The van der Waals surface area contributed by atoms with Crippen molar-refractivity contribution >= 4 is 5.71 Å². The van der Waals surface area contributed by atoms with E-state index < -0.39 is 0 Å². The molecule has 4 unspecified atom stereocenters. The zero-order valence-corrected chi connectivity index (χ0v) is 22.7. The van der Waals surface area contributed by atoms with Crippen LogP contribution in [-0.4, -0.2) is 34.3 Å².